The van der Waals surface area contributed by atoms with Crippen LogP contribution in [0.2, 0.25) is 0 Å². The van der Waals surface area contributed by atoms with Crippen LogP contribution in [0.15, 0.2) is 24.5 Å². The standard InChI is InChI=1S/C18H23N5O3.ClH/c1-4-19-17-16-18(22-15(21-16)7-11(2)24)23(10-20-17)9-12-5-6-14(26-3)13(25)8-12;/h5-6,8,10-11,19,24-25H,4,7,9H2,1-3H3;1H. The topological polar surface area (TPSA) is 105 Å². The molecule has 0 amide bonds. The fraction of sp³-hybridized carbons (Fsp3) is 0.389. The number of anilines is 1. The van der Waals surface area contributed by atoms with Crippen LogP contribution in [0.1, 0.15) is 25.2 Å². The normalized spacial score (nSPS) is 11.9. The molecule has 8 nitrogen and oxygen atoms in total. The Labute approximate surface area is 164 Å². The number of phenols is 1. The van der Waals surface area contributed by atoms with Crippen molar-refractivity contribution in [2.45, 2.75) is 32.9 Å². The number of hydrogen-bond donors (Lipinski definition) is 3. The van der Waals surface area contributed by atoms with Crippen molar-refractivity contribution in [1.29, 1.82) is 0 Å². The molecular weight excluding hydrogens is 370 g/mol. The van der Waals surface area contributed by atoms with Gasteiger partial charge in [-0.15, -0.1) is 12.4 Å². The molecule has 0 saturated carbocycles. The number of aromatic nitrogens is 4. The Hall–Kier alpha value is -2.58. The highest BCUT2D eigenvalue weighted by molar-refractivity contribution is 5.85. The van der Waals surface area contributed by atoms with E-state index in [1.807, 2.05) is 17.6 Å². The van der Waals surface area contributed by atoms with Gasteiger partial charge in [0.2, 0.25) is 0 Å². The zero-order valence-electron chi connectivity index (χ0n) is 15.5. The van der Waals surface area contributed by atoms with Gasteiger partial charge in [-0.3, -0.25) is 0 Å². The molecule has 1 aromatic rings. The van der Waals surface area contributed by atoms with Crippen LogP contribution in [0.25, 0.3) is 11.5 Å². The average molecular weight is 394 g/mol. The van der Waals surface area contributed by atoms with E-state index in [4.69, 9.17) is 4.74 Å². The summed E-state index contributed by atoms with van der Waals surface area (Å²) >= 11 is 0. The van der Waals surface area contributed by atoms with E-state index in [0.717, 1.165) is 12.1 Å². The van der Waals surface area contributed by atoms with Gasteiger partial charge < -0.3 is 24.8 Å². The number of ether oxygens (including phenoxy) is 1. The summed E-state index contributed by atoms with van der Waals surface area (Å²) in [5, 5.41) is 22.8. The Morgan fingerprint density at radius 1 is 1.30 bits per heavy atom. The maximum atomic E-state index is 9.98. The molecule has 0 radical (unpaired) electrons. The Kier molecular flexibility index (Phi) is 6.81. The molecule has 0 spiro atoms. The average Bonchev–Trinajstić information content (AvgIpc) is 3.01. The lowest BCUT2D eigenvalue weighted by atomic mass is 10.2. The van der Waals surface area contributed by atoms with Gasteiger partial charge >= 0.3 is 0 Å². The molecule has 2 aliphatic rings. The fourth-order valence-corrected chi connectivity index (χ4v) is 2.78. The van der Waals surface area contributed by atoms with Crippen molar-refractivity contribution < 1.29 is 14.9 Å². The first-order valence-corrected chi connectivity index (χ1v) is 8.51. The zero-order valence-corrected chi connectivity index (χ0v) is 16.3. The molecule has 146 valence electrons. The third-order valence-electron chi connectivity index (χ3n) is 3.93. The molecule has 0 fully saturated rings. The van der Waals surface area contributed by atoms with Gasteiger partial charge in [0, 0.05) is 13.0 Å². The quantitative estimate of drug-likeness (QED) is 0.565. The highest BCUT2D eigenvalue weighted by Crippen LogP contribution is 2.29. The number of methoxy groups -OCH3 is 1. The molecule has 3 N–H and O–H groups in total. The van der Waals surface area contributed by atoms with E-state index in [1.54, 1.807) is 25.4 Å². The third-order valence-corrected chi connectivity index (χ3v) is 3.93. The van der Waals surface area contributed by atoms with E-state index in [9.17, 15) is 10.2 Å². The van der Waals surface area contributed by atoms with Crippen molar-refractivity contribution in [1.82, 2.24) is 19.5 Å². The van der Waals surface area contributed by atoms with Crippen molar-refractivity contribution in [2.75, 3.05) is 19.0 Å². The summed E-state index contributed by atoms with van der Waals surface area (Å²) in [6.45, 7) is 4.89. The number of hydrogen-bond acceptors (Lipinski definition) is 7. The second kappa shape index (κ2) is 8.88. The number of fused-ring (bicyclic) bond motifs is 1. The number of aliphatic hydroxyl groups is 1. The largest absolute Gasteiger partial charge is 0.504 e. The van der Waals surface area contributed by atoms with Crippen molar-refractivity contribution in [3.8, 4) is 23.0 Å². The molecule has 1 atom stereocenters. The summed E-state index contributed by atoms with van der Waals surface area (Å²) in [4.78, 5) is 13.5. The van der Waals surface area contributed by atoms with E-state index in [1.165, 1.54) is 7.11 Å². The van der Waals surface area contributed by atoms with Crippen LogP contribution >= 0.6 is 12.4 Å². The van der Waals surface area contributed by atoms with Gasteiger partial charge in [-0.05, 0) is 31.5 Å². The fourth-order valence-electron chi connectivity index (χ4n) is 2.78. The lowest BCUT2D eigenvalue weighted by molar-refractivity contribution is 0.193. The lowest BCUT2D eigenvalue weighted by Gasteiger charge is -2.14. The number of rotatable bonds is 7. The van der Waals surface area contributed by atoms with E-state index in [0.29, 0.717) is 41.9 Å². The van der Waals surface area contributed by atoms with Gasteiger partial charge in [-0.1, -0.05) is 6.07 Å². The number of halogens is 1. The summed E-state index contributed by atoms with van der Waals surface area (Å²) in [7, 11) is 1.51. The minimum Gasteiger partial charge on any atom is -0.504 e. The molecule has 0 bridgehead atoms. The molecule has 2 aliphatic heterocycles. The predicted molar refractivity (Wildman–Crippen MR) is 105 cm³/mol. The summed E-state index contributed by atoms with van der Waals surface area (Å²) < 4.78 is 6.95. The van der Waals surface area contributed by atoms with Gasteiger partial charge in [-0.25, -0.2) is 15.0 Å². The summed E-state index contributed by atoms with van der Waals surface area (Å²) in [5.41, 5.74) is 1.55. The molecular formula is C18H24ClN5O3. The van der Waals surface area contributed by atoms with Crippen molar-refractivity contribution >= 4 is 18.2 Å². The molecule has 27 heavy (non-hydrogen) atoms. The lowest BCUT2D eigenvalue weighted by Crippen LogP contribution is -2.10. The van der Waals surface area contributed by atoms with Gasteiger partial charge in [0.05, 0.1) is 26.1 Å². The molecule has 1 aromatic carbocycles. The monoisotopic (exact) mass is 393 g/mol. The summed E-state index contributed by atoms with van der Waals surface area (Å²) in [6, 6.07) is 5.25. The number of imidazole rings is 1. The highest BCUT2D eigenvalue weighted by Gasteiger charge is 2.21. The maximum Gasteiger partial charge on any atom is 0.166 e. The number of nitrogens with one attached hydrogen (secondary N) is 1. The van der Waals surface area contributed by atoms with Crippen LogP contribution in [-0.2, 0) is 13.0 Å². The van der Waals surface area contributed by atoms with Gasteiger partial charge in [0.1, 0.15) is 5.82 Å². The Balaban J connectivity index is 0.00000261. The first kappa shape index (κ1) is 20.7. The van der Waals surface area contributed by atoms with Gasteiger partial charge in [0.15, 0.2) is 28.8 Å². The number of nitrogens with zero attached hydrogens (tertiary/aromatic N) is 4. The SMILES string of the molecule is CCNc1ncn(Cc2ccc(OC)c(O)c2)c2nc(CC(C)O)nc1-2.Cl. The second-order valence-electron chi connectivity index (χ2n) is 6.12. The van der Waals surface area contributed by atoms with Crippen LogP contribution in [0.5, 0.6) is 11.5 Å². The van der Waals surface area contributed by atoms with Crippen LogP contribution in [0, 0.1) is 0 Å². The Morgan fingerprint density at radius 2 is 2.07 bits per heavy atom. The number of aromatic hydroxyl groups is 1. The van der Waals surface area contributed by atoms with E-state index < -0.39 is 6.10 Å². The molecule has 9 heteroatoms. The minimum atomic E-state index is -0.519. The molecule has 1 unspecified atom stereocenters. The Morgan fingerprint density at radius 3 is 2.70 bits per heavy atom. The van der Waals surface area contributed by atoms with E-state index in [2.05, 4.69) is 20.3 Å². The number of aliphatic hydroxyl groups excluding tert-OH is 1. The molecule has 0 aromatic heterocycles. The highest BCUT2D eigenvalue weighted by atomic mass is 35.5. The van der Waals surface area contributed by atoms with Crippen LogP contribution < -0.4 is 10.1 Å². The smallest absolute Gasteiger partial charge is 0.166 e. The van der Waals surface area contributed by atoms with Crippen molar-refractivity contribution in [3.05, 3.63) is 35.9 Å². The van der Waals surface area contributed by atoms with Gasteiger partial charge in [-0.2, -0.15) is 0 Å². The minimum absolute atomic E-state index is 0. The summed E-state index contributed by atoms with van der Waals surface area (Å²) in [6.07, 6.45) is 1.56. The van der Waals surface area contributed by atoms with Crippen LogP contribution in [-0.4, -0.2) is 49.5 Å². The summed E-state index contributed by atoms with van der Waals surface area (Å²) in [5.74, 6) is 2.44. The molecule has 0 saturated heterocycles. The second-order valence-corrected chi connectivity index (χ2v) is 6.12. The maximum absolute atomic E-state index is 9.98. The van der Waals surface area contributed by atoms with Crippen LogP contribution in [0.3, 0.4) is 0 Å². The number of phenolic OH excluding ortho intramolecular Hbond substituents is 1. The molecule has 0 aliphatic carbocycles. The van der Waals surface area contributed by atoms with Crippen molar-refractivity contribution in [2.24, 2.45) is 0 Å². The first-order chi connectivity index (χ1) is 12.5. The zero-order chi connectivity index (χ0) is 18.7. The third kappa shape index (κ3) is 4.58. The van der Waals surface area contributed by atoms with Crippen LogP contribution in [0.4, 0.5) is 5.82 Å². The molecule has 2 heterocycles. The van der Waals surface area contributed by atoms with Crippen molar-refractivity contribution in [3.63, 3.8) is 0 Å². The predicted octanol–water partition coefficient (Wildman–Crippen LogP) is 2.32. The number of benzene rings is 1. The van der Waals surface area contributed by atoms with E-state index >= 15 is 0 Å². The molecule has 3 rings (SSSR count). The first-order valence-electron chi connectivity index (χ1n) is 8.51. The van der Waals surface area contributed by atoms with E-state index in [-0.39, 0.29) is 18.2 Å². The van der Waals surface area contributed by atoms with Gasteiger partial charge in [0.25, 0.3) is 0 Å². The Bertz CT molecular complexity index is 868.